The lowest BCUT2D eigenvalue weighted by Crippen LogP contribution is -2.39. The van der Waals surface area contributed by atoms with Crippen LogP contribution in [-0.4, -0.2) is 43.3 Å². The number of rotatable bonds is 5. The van der Waals surface area contributed by atoms with Gasteiger partial charge in [0.25, 0.3) is 15.9 Å². The summed E-state index contributed by atoms with van der Waals surface area (Å²) >= 11 is 0. The molecular weight excluding hydrogens is 411 g/mol. The Balaban J connectivity index is 0.00000182. The van der Waals surface area contributed by atoms with Crippen molar-refractivity contribution in [1.82, 2.24) is 9.88 Å². The second-order valence-corrected chi connectivity index (χ2v) is 7.58. The Kier molecular flexibility index (Phi) is 8.49. The van der Waals surface area contributed by atoms with E-state index in [1.807, 2.05) is 0 Å². The van der Waals surface area contributed by atoms with E-state index in [0.717, 1.165) is 12.8 Å². The third kappa shape index (κ3) is 5.32. The zero-order valence-corrected chi connectivity index (χ0v) is 16.9. The Bertz CT molecular complexity index is 848. The maximum Gasteiger partial charge on any atom is 0.261 e. The minimum absolute atomic E-state index is 0. The second-order valence-electron chi connectivity index (χ2n) is 5.90. The smallest absolute Gasteiger partial charge is 0.261 e. The molecule has 3 rings (SSSR count). The number of aromatic nitrogens is 1. The molecule has 1 aliphatic heterocycles. The van der Waals surface area contributed by atoms with Crippen LogP contribution in [0.4, 0.5) is 5.69 Å². The number of anilines is 1. The molecule has 0 saturated carbocycles. The number of nitrogens with zero attached hydrogens (tertiary/aromatic N) is 2. The second kappa shape index (κ2) is 9.89. The molecule has 1 aliphatic rings. The minimum Gasteiger partial charge on any atom is -0.334 e. The van der Waals surface area contributed by atoms with Crippen LogP contribution in [0.15, 0.2) is 53.7 Å². The highest BCUT2D eigenvalue weighted by Gasteiger charge is 2.28. The quantitative estimate of drug-likeness (QED) is 0.753. The summed E-state index contributed by atoms with van der Waals surface area (Å²) in [5.74, 6) is -0.112. The number of hydrogen-bond donors (Lipinski definition) is 2. The molecule has 1 aromatic heterocycles. The van der Waals surface area contributed by atoms with Gasteiger partial charge in [-0.1, -0.05) is 0 Å². The van der Waals surface area contributed by atoms with E-state index >= 15 is 0 Å². The van der Waals surface area contributed by atoms with Crippen molar-refractivity contribution in [3.8, 4) is 0 Å². The summed E-state index contributed by atoms with van der Waals surface area (Å²) in [6, 6.07) is 9.13. The van der Waals surface area contributed by atoms with Crippen molar-refractivity contribution in [3.63, 3.8) is 0 Å². The number of halogens is 2. The summed E-state index contributed by atoms with van der Waals surface area (Å²) in [5, 5.41) is 0. The van der Waals surface area contributed by atoms with Gasteiger partial charge in [0.15, 0.2) is 0 Å². The number of amides is 1. The van der Waals surface area contributed by atoms with E-state index in [1.165, 1.54) is 36.7 Å². The highest BCUT2D eigenvalue weighted by molar-refractivity contribution is 7.92. The molecular formula is C17H22Cl2N4O3S. The predicted octanol–water partition coefficient (Wildman–Crippen LogP) is 2.29. The van der Waals surface area contributed by atoms with Crippen molar-refractivity contribution in [3.05, 3.63) is 54.4 Å². The lowest BCUT2D eigenvalue weighted by Gasteiger charge is -2.23. The van der Waals surface area contributed by atoms with E-state index in [1.54, 1.807) is 17.0 Å². The van der Waals surface area contributed by atoms with Gasteiger partial charge in [0.05, 0.1) is 10.6 Å². The summed E-state index contributed by atoms with van der Waals surface area (Å²) in [6.07, 6.45) is 4.85. The fourth-order valence-corrected chi connectivity index (χ4v) is 3.98. The first-order chi connectivity index (χ1) is 12.0. The van der Waals surface area contributed by atoms with Crippen LogP contribution < -0.4 is 10.5 Å². The van der Waals surface area contributed by atoms with Gasteiger partial charge < -0.3 is 10.6 Å². The molecule has 2 aromatic rings. The molecule has 148 valence electrons. The number of hydrogen-bond acceptors (Lipinski definition) is 5. The van der Waals surface area contributed by atoms with Crippen LogP contribution in [0.2, 0.25) is 0 Å². The summed E-state index contributed by atoms with van der Waals surface area (Å²) in [6.45, 7) is 1.12. The number of carbonyl (C=O) groups excluding carboxylic acids is 1. The van der Waals surface area contributed by atoms with Crippen LogP contribution in [0, 0.1) is 0 Å². The standard InChI is InChI=1S/C17H20N4O3S.2ClH/c18-12-15-2-1-11-21(15)17(22)13-3-5-16(6-4-13)25(23,24)20-14-7-9-19-10-8-14;;/h3-10,15H,1-2,11-12,18H2,(H,19,20);2*1H. The lowest BCUT2D eigenvalue weighted by atomic mass is 10.1. The van der Waals surface area contributed by atoms with Gasteiger partial charge in [0.1, 0.15) is 0 Å². The molecule has 3 N–H and O–H groups in total. The zero-order valence-electron chi connectivity index (χ0n) is 14.4. The number of nitrogens with two attached hydrogens (primary N) is 1. The number of nitrogens with one attached hydrogen (secondary N) is 1. The van der Waals surface area contributed by atoms with E-state index in [4.69, 9.17) is 5.73 Å². The molecule has 1 atom stereocenters. The third-order valence-electron chi connectivity index (χ3n) is 4.25. The molecule has 0 spiro atoms. The van der Waals surface area contributed by atoms with Crippen LogP contribution in [-0.2, 0) is 10.0 Å². The SMILES string of the molecule is Cl.Cl.NCC1CCCN1C(=O)c1ccc(S(=O)(=O)Nc2ccncc2)cc1. The Hall–Kier alpha value is -1.87. The van der Waals surface area contributed by atoms with Gasteiger partial charge in [-0.25, -0.2) is 8.42 Å². The molecule has 1 aromatic carbocycles. The number of benzene rings is 1. The van der Waals surface area contributed by atoms with Gasteiger partial charge in [-0.3, -0.25) is 14.5 Å². The van der Waals surface area contributed by atoms with Crippen molar-refractivity contribution in [2.45, 2.75) is 23.8 Å². The molecule has 0 radical (unpaired) electrons. The average molecular weight is 433 g/mol. The summed E-state index contributed by atoms with van der Waals surface area (Å²) in [7, 11) is -3.71. The van der Waals surface area contributed by atoms with Crippen LogP contribution in [0.1, 0.15) is 23.2 Å². The van der Waals surface area contributed by atoms with Crippen molar-refractivity contribution < 1.29 is 13.2 Å². The first-order valence-corrected chi connectivity index (χ1v) is 9.53. The van der Waals surface area contributed by atoms with Crippen molar-refractivity contribution in [1.29, 1.82) is 0 Å². The van der Waals surface area contributed by atoms with Gasteiger partial charge in [-0.15, -0.1) is 24.8 Å². The molecule has 7 nitrogen and oxygen atoms in total. The zero-order chi connectivity index (χ0) is 17.9. The number of pyridine rings is 1. The molecule has 10 heteroatoms. The average Bonchev–Trinajstić information content (AvgIpc) is 3.10. The Morgan fingerprint density at radius 2 is 1.78 bits per heavy atom. The highest BCUT2D eigenvalue weighted by Crippen LogP contribution is 2.21. The maximum absolute atomic E-state index is 12.6. The molecule has 1 fully saturated rings. The Morgan fingerprint density at radius 1 is 1.15 bits per heavy atom. The molecule has 1 unspecified atom stereocenters. The van der Waals surface area contributed by atoms with Gasteiger partial charge in [0, 0.05) is 37.1 Å². The number of sulfonamides is 1. The van der Waals surface area contributed by atoms with Crippen molar-refractivity contribution in [2.24, 2.45) is 5.73 Å². The number of likely N-dealkylation sites (tertiary alicyclic amines) is 1. The van der Waals surface area contributed by atoms with Crippen LogP contribution in [0.25, 0.3) is 0 Å². The van der Waals surface area contributed by atoms with E-state index < -0.39 is 10.0 Å². The monoisotopic (exact) mass is 432 g/mol. The third-order valence-corrected chi connectivity index (χ3v) is 5.65. The van der Waals surface area contributed by atoms with Crippen molar-refractivity contribution >= 4 is 46.4 Å². The normalized spacial score (nSPS) is 16.2. The summed E-state index contributed by atoms with van der Waals surface area (Å²) in [4.78, 5) is 18.3. The fraction of sp³-hybridized carbons (Fsp3) is 0.294. The minimum atomic E-state index is -3.71. The van der Waals surface area contributed by atoms with Crippen LogP contribution >= 0.6 is 24.8 Å². The van der Waals surface area contributed by atoms with Crippen molar-refractivity contribution in [2.75, 3.05) is 17.8 Å². The summed E-state index contributed by atoms with van der Waals surface area (Å²) < 4.78 is 27.3. The van der Waals surface area contributed by atoms with E-state index in [0.29, 0.717) is 24.3 Å². The van der Waals surface area contributed by atoms with E-state index in [9.17, 15) is 13.2 Å². The molecule has 0 aliphatic carbocycles. The van der Waals surface area contributed by atoms with Gasteiger partial charge in [-0.2, -0.15) is 0 Å². The Labute approximate surface area is 171 Å². The Morgan fingerprint density at radius 3 is 2.37 bits per heavy atom. The van der Waals surface area contributed by atoms with Crippen LogP contribution in [0.5, 0.6) is 0 Å². The van der Waals surface area contributed by atoms with E-state index in [2.05, 4.69) is 9.71 Å². The largest absolute Gasteiger partial charge is 0.334 e. The molecule has 1 amide bonds. The van der Waals surface area contributed by atoms with Gasteiger partial charge in [-0.05, 0) is 49.2 Å². The van der Waals surface area contributed by atoms with Gasteiger partial charge >= 0.3 is 0 Å². The van der Waals surface area contributed by atoms with E-state index in [-0.39, 0.29) is 41.7 Å². The predicted molar refractivity (Wildman–Crippen MR) is 109 cm³/mol. The molecule has 2 heterocycles. The molecule has 1 saturated heterocycles. The highest BCUT2D eigenvalue weighted by atomic mass is 35.5. The van der Waals surface area contributed by atoms with Gasteiger partial charge in [0.2, 0.25) is 0 Å². The van der Waals surface area contributed by atoms with Crippen LogP contribution in [0.3, 0.4) is 0 Å². The topological polar surface area (TPSA) is 105 Å². The first kappa shape index (κ1) is 23.2. The number of carbonyl (C=O) groups is 1. The molecule has 27 heavy (non-hydrogen) atoms. The molecule has 0 bridgehead atoms. The first-order valence-electron chi connectivity index (χ1n) is 8.05. The fourth-order valence-electron chi connectivity index (χ4n) is 2.92. The maximum atomic E-state index is 12.6. The summed E-state index contributed by atoms with van der Waals surface area (Å²) in [5.41, 5.74) is 6.60. The lowest BCUT2D eigenvalue weighted by molar-refractivity contribution is 0.0741.